The Morgan fingerprint density at radius 3 is 2.80 bits per heavy atom. The molecule has 1 saturated heterocycles. The predicted molar refractivity (Wildman–Crippen MR) is 76.1 cm³/mol. The van der Waals surface area contributed by atoms with Crippen LogP contribution in [0.4, 0.5) is 4.39 Å². The topological polar surface area (TPSA) is 27.7 Å². The van der Waals surface area contributed by atoms with E-state index in [4.69, 9.17) is 14.0 Å². The summed E-state index contributed by atoms with van der Waals surface area (Å²) in [7, 11) is -0.498. The molecule has 1 unspecified atom stereocenters. The highest BCUT2D eigenvalue weighted by Gasteiger charge is 2.45. The number of rotatable bonds is 1. The monoisotopic (exact) mass is 278 g/mol. The predicted octanol–water partition coefficient (Wildman–Crippen LogP) is 2.37. The van der Waals surface area contributed by atoms with Gasteiger partial charge in [-0.3, -0.25) is 0 Å². The summed E-state index contributed by atoms with van der Waals surface area (Å²) in [6.07, 6.45) is 1.74. The highest BCUT2D eigenvalue weighted by Crippen LogP contribution is 2.32. The molecule has 20 heavy (non-hydrogen) atoms. The minimum absolute atomic E-state index is 0.0257. The third-order valence-corrected chi connectivity index (χ3v) is 4.45. The van der Waals surface area contributed by atoms with Gasteiger partial charge in [0.15, 0.2) is 11.6 Å². The smallest absolute Gasteiger partial charge is 0.490 e. The molecule has 0 radical (unpaired) electrons. The van der Waals surface area contributed by atoms with E-state index in [1.165, 1.54) is 6.07 Å². The summed E-state index contributed by atoms with van der Waals surface area (Å²) in [5, 5.41) is 0. The first-order valence-corrected chi connectivity index (χ1v) is 7.18. The zero-order valence-corrected chi connectivity index (χ0v) is 12.5. The Kier molecular flexibility index (Phi) is 3.29. The normalized spacial score (nSPS) is 24.4. The molecule has 108 valence electrons. The minimum Gasteiger partial charge on any atom is -0.490 e. The van der Waals surface area contributed by atoms with E-state index in [2.05, 4.69) is 0 Å². The van der Waals surface area contributed by atoms with Crippen LogP contribution in [0.2, 0.25) is 0 Å². The molecule has 0 aromatic heterocycles. The van der Waals surface area contributed by atoms with Gasteiger partial charge < -0.3 is 14.0 Å². The summed E-state index contributed by atoms with van der Waals surface area (Å²) in [5.74, 6) is 0.0904. The Balaban J connectivity index is 2.01. The number of benzene rings is 1. The summed E-state index contributed by atoms with van der Waals surface area (Å²) >= 11 is 0. The molecule has 1 atom stereocenters. The Labute approximate surface area is 119 Å². The van der Waals surface area contributed by atoms with Crippen molar-refractivity contribution in [3.63, 3.8) is 0 Å². The molecule has 2 heterocycles. The highest BCUT2D eigenvalue weighted by atomic mass is 19.1. The van der Waals surface area contributed by atoms with Gasteiger partial charge in [0.1, 0.15) is 0 Å². The molecule has 1 aromatic rings. The molecule has 0 N–H and O–H groups in total. The van der Waals surface area contributed by atoms with Crippen molar-refractivity contribution in [1.82, 2.24) is 0 Å². The van der Waals surface area contributed by atoms with Crippen molar-refractivity contribution in [3.8, 4) is 5.75 Å². The van der Waals surface area contributed by atoms with Crippen molar-refractivity contribution in [2.24, 2.45) is 0 Å². The first-order chi connectivity index (χ1) is 9.40. The van der Waals surface area contributed by atoms with E-state index < -0.39 is 7.12 Å². The fourth-order valence-corrected chi connectivity index (χ4v) is 2.81. The van der Waals surface area contributed by atoms with Gasteiger partial charge in [-0.15, -0.1) is 0 Å². The molecule has 0 amide bonds. The maximum Gasteiger partial charge on any atom is 0.495 e. The molecule has 0 aliphatic carbocycles. The summed E-state index contributed by atoms with van der Waals surface area (Å²) in [5.41, 5.74) is 2.40. The molecule has 1 fully saturated rings. The molecule has 3 nitrogen and oxygen atoms in total. The third kappa shape index (κ3) is 2.13. The Morgan fingerprint density at radius 1 is 1.40 bits per heavy atom. The lowest BCUT2D eigenvalue weighted by atomic mass is 9.74. The third-order valence-electron chi connectivity index (χ3n) is 4.45. The van der Waals surface area contributed by atoms with Gasteiger partial charge in [-0.1, -0.05) is 0 Å². The van der Waals surface area contributed by atoms with Crippen molar-refractivity contribution in [3.05, 3.63) is 23.0 Å². The minimum atomic E-state index is -0.498. The van der Waals surface area contributed by atoms with Crippen LogP contribution < -0.4 is 10.2 Å². The van der Waals surface area contributed by atoms with E-state index in [1.54, 1.807) is 0 Å². The second kappa shape index (κ2) is 4.74. The van der Waals surface area contributed by atoms with Crippen LogP contribution in [0.15, 0.2) is 6.07 Å². The van der Waals surface area contributed by atoms with Gasteiger partial charge in [0.25, 0.3) is 0 Å². The van der Waals surface area contributed by atoms with Gasteiger partial charge in [-0.2, -0.15) is 0 Å². The molecule has 0 spiro atoms. The second-order valence-corrected chi connectivity index (χ2v) is 6.16. The second-order valence-electron chi connectivity index (χ2n) is 6.16. The first kappa shape index (κ1) is 13.9. The van der Waals surface area contributed by atoms with E-state index in [0.717, 1.165) is 29.4 Å². The molecule has 2 aliphatic rings. The van der Waals surface area contributed by atoms with Crippen LogP contribution in [-0.2, 0) is 15.7 Å². The van der Waals surface area contributed by atoms with Crippen LogP contribution in [0.3, 0.4) is 0 Å². The van der Waals surface area contributed by atoms with Gasteiger partial charge in [-0.05, 0) is 63.2 Å². The summed E-state index contributed by atoms with van der Waals surface area (Å²) in [6.45, 7) is 8.54. The fourth-order valence-electron chi connectivity index (χ4n) is 2.81. The lowest BCUT2D eigenvalue weighted by molar-refractivity contribution is 0.0842. The van der Waals surface area contributed by atoms with E-state index in [1.807, 2.05) is 27.7 Å². The lowest BCUT2D eigenvalue weighted by Crippen LogP contribution is -2.37. The Hall–Kier alpha value is -1.07. The zero-order chi connectivity index (χ0) is 14.5. The molecule has 5 heteroatoms. The molecule has 2 aliphatic heterocycles. The van der Waals surface area contributed by atoms with E-state index in [9.17, 15) is 4.39 Å². The van der Waals surface area contributed by atoms with Crippen molar-refractivity contribution in [2.75, 3.05) is 6.61 Å². The number of hydrogen-bond donors (Lipinski definition) is 0. The van der Waals surface area contributed by atoms with Crippen LogP contribution in [0.25, 0.3) is 0 Å². The van der Waals surface area contributed by atoms with Crippen molar-refractivity contribution >= 4 is 12.6 Å². The SMILES string of the molecule is Cc1c(B2OC(C)C(C)(C)O2)cc(F)c2c1CCCO2. The van der Waals surface area contributed by atoms with Crippen LogP contribution in [-0.4, -0.2) is 25.4 Å². The summed E-state index contributed by atoms with van der Waals surface area (Å²) in [6, 6.07) is 1.50. The molecule has 0 bridgehead atoms. The van der Waals surface area contributed by atoms with Crippen LogP contribution >= 0.6 is 0 Å². The van der Waals surface area contributed by atoms with E-state index >= 15 is 0 Å². The quantitative estimate of drug-likeness (QED) is 0.738. The molecular weight excluding hydrogens is 258 g/mol. The van der Waals surface area contributed by atoms with Crippen LogP contribution in [0.1, 0.15) is 38.3 Å². The van der Waals surface area contributed by atoms with Gasteiger partial charge in [-0.25, -0.2) is 4.39 Å². The van der Waals surface area contributed by atoms with Gasteiger partial charge in [0.05, 0.1) is 18.3 Å². The van der Waals surface area contributed by atoms with E-state index in [0.29, 0.717) is 12.4 Å². The number of fused-ring (bicyclic) bond motifs is 1. The average Bonchev–Trinajstić information content (AvgIpc) is 2.68. The van der Waals surface area contributed by atoms with Crippen molar-refractivity contribution in [2.45, 2.75) is 52.2 Å². The maximum atomic E-state index is 14.2. The van der Waals surface area contributed by atoms with Crippen LogP contribution in [0.5, 0.6) is 5.75 Å². The van der Waals surface area contributed by atoms with Gasteiger partial charge >= 0.3 is 7.12 Å². The van der Waals surface area contributed by atoms with Crippen molar-refractivity contribution in [1.29, 1.82) is 0 Å². The summed E-state index contributed by atoms with van der Waals surface area (Å²) < 4.78 is 31.5. The fraction of sp³-hybridized carbons (Fsp3) is 0.600. The molecular formula is C15H20BFO3. The van der Waals surface area contributed by atoms with E-state index in [-0.39, 0.29) is 17.5 Å². The molecule has 1 aromatic carbocycles. The molecule has 3 rings (SSSR count). The lowest BCUT2D eigenvalue weighted by Gasteiger charge is -2.23. The zero-order valence-electron chi connectivity index (χ0n) is 12.5. The summed E-state index contributed by atoms with van der Waals surface area (Å²) in [4.78, 5) is 0. The number of ether oxygens (including phenoxy) is 1. The average molecular weight is 278 g/mol. The van der Waals surface area contributed by atoms with Crippen LogP contribution in [0, 0.1) is 12.7 Å². The van der Waals surface area contributed by atoms with Gasteiger partial charge in [0.2, 0.25) is 0 Å². The number of halogens is 1. The largest absolute Gasteiger partial charge is 0.495 e. The highest BCUT2D eigenvalue weighted by molar-refractivity contribution is 6.62. The number of hydrogen-bond acceptors (Lipinski definition) is 3. The first-order valence-electron chi connectivity index (χ1n) is 7.18. The molecule has 0 saturated carbocycles. The Morgan fingerprint density at radius 2 is 2.15 bits per heavy atom. The maximum absolute atomic E-state index is 14.2. The standard InChI is InChI=1S/C15H20BFO3/c1-9-11-6-5-7-18-14(11)13(17)8-12(9)16-19-10(2)15(3,4)20-16/h8,10H,5-7H2,1-4H3. The Bertz CT molecular complexity index is 544. The van der Waals surface area contributed by atoms with Crippen molar-refractivity contribution < 1.29 is 18.4 Å². The van der Waals surface area contributed by atoms with Gasteiger partial charge in [0, 0.05) is 0 Å².